The first-order valence-electron chi connectivity index (χ1n) is 10.0. The number of unbranched alkanes of at least 4 members (excludes halogenated alkanes) is 1. The van der Waals surface area contributed by atoms with Crippen LogP contribution in [0.3, 0.4) is 0 Å². The molecule has 1 heterocycles. The third-order valence-corrected chi connectivity index (χ3v) is 8.26. The Labute approximate surface area is 166 Å². The molecule has 2 aliphatic rings. The van der Waals surface area contributed by atoms with Crippen molar-refractivity contribution in [3.63, 3.8) is 0 Å². The molecule has 8 heteroatoms. The van der Waals surface area contributed by atoms with Gasteiger partial charge in [0.1, 0.15) is 5.82 Å². The van der Waals surface area contributed by atoms with Crippen molar-refractivity contribution in [1.29, 1.82) is 0 Å². The van der Waals surface area contributed by atoms with Crippen LogP contribution in [0, 0.1) is 17.7 Å². The third kappa shape index (κ3) is 4.09. The van der Waals surface area contributed by atoms with Crippen LogP contribution in [0.1, 0.15) is 39.0 Å². The van der Waals surface area contributed by atoms with Gasteiger partial charge in [-0.1, -0.05) is 19.8 Å². The number of primary amides is 1. The highest BCUT2D eigenvalue weighted by Gasteiger charge is 2.48. The van der Waals surface area contributed by atoms with Crippen LogP contribution in [0.5, 0.6) is 0 Å². The fourth-order valence-electron chi connectivity index (χ4n) is 4.83. The molecular formula is C20H30FN3O3S. The molecule has 1 saturated carbocycles. The van der Waals surface area contributed by atoms with E-state index in [0.717, 1.165) is 32.1 Å². The normalized spacial score (nSPS) is 26.5. The number of nitrogens with two attached hydrogens (primary N) is 1. The maximum absolute atomic E-state index is 13.2. The lowest BCUT2D eigenvalue weighted by Gasteiger charge is -2.34. The second-order valence-electron chi connectivity index (χ2n) is 8.07. The van der Waals surface area contributed by atoms with Crippen LogP contribution in [0.25, 0.3) is 0 Å². The number of nitrogens with zero attached hydrogens (tertiary/aromatic N) is 2. The highest BCUT2D eigenvalue weighted by atomic mass is 32.2. The van der Waals surface area contributed by atoms with Gasteiger partial charge in [0, 0.05) is 19.1 Å². The zero-order valence-electron chi connectivity index (χ0n) is 16.6. The number of carbonyl (C=O) groups is 1. The van der Waals surface area contributed by atoms with E-state index in [4.69, 9.17) is 5.73 Å². The average molecular weight is 412 g/mol. The van der Waals surface area contributed by atoms with Crippen molar-refractivity contribution in [1.82, 2.24) is 9.21 Å². The zero-order valence-corrected chi connectivity index (χ0v) is 17.4. The van der Waals surface area contributed by atoms with E-state index in [0.29, 0.717) is 13.1 Å². The maximum atomic E-state index is 13.2. The number of sulfonamides is 1. The fraction of sp³-hybridized carbons (Fsp3) is 0.650. The molecule has 0 radical (unpaired) electrons. The molecule has 156 valence electrons. The van der Waals surface area contributed by atoms with E-state index in [9.17, 15) is 17.6 Å². The minimum Gasteiger partial charge on any atom is -0.368 e. The van der Waals surface area contributed by atoms with Gasteiger partial charge in [0.05, 0.1) is 10.9 Å². The van der Waals surface area contributed by atoms with Crippen LogP contribution in [-0.4, -0.2) is 55.8 Å². The largest absolute Gasteiger partial charge is 0.368 e. The summed E-state index contributed by atoms with van der Waals surface area (Å²) in [4.78, 5) is 14.2. The Morgan fingerprint density at radius 1 is 1.29 bits per heavy atom. The summed E-state index contributed by atoms with van der Waals surface area (Å²) in [6.45, 7) is 2.99. The average Bonchev–Trinajstić information content (AvgIpc) is 3.23. The molecule has 2 N–H and O–H groups in total. The molecular weight excluding hydrogens is 381 g/mol. The smallest absolute Gasteiger partial charge is 0.243 e. The molecule has 1 amide bonds. The molecule has 1 aliphatic heterocycles. The monoisotopic (exact) mass is 411 g/mol. The van der Waals surface area contributed by atoms with Crippen molar-refractivity contribution in [3.8, 4) is 0 Å². The third-order valence-electron chi connectivity index (χ3n) is 6.41. The first-order valence-corrected chi connectivity index (χ1v) is 11.5. The van der Waals surface area contributed by atoms with Crippen molar-refractivity contribution in [3.05, 3.63) is 30.1 Å². The van der Waals surface area contributed by atoms with E-state index in [1.54, 1.807) is 0 Å². The van der Waals surface area contributed by atoms with Crippen LogP contribution in [0.4, 0.5) is 4.39 Å². The van der Waals surface area contributed by atoms with Crippen LogP contribution in [0.15, 0.2) is 29.2 Å². The number of benzene rings is 1. The highest BCUT2D eigenvalue weighted by molar-refractivity contribution is 7.89. The molecule has 1 saturated heterocycles. The predicted molar refractivity (Wildman–Crippen MR) is 105 cm³/mol. The summed E-state index contributed by atoms with van der Waals surface area (Å²) in [5.41, 5.74) is 5.65. The van der Waals surface area contributed by atoms with Gasteiger partial charge in [0.15, 0.2) is 0 Å². The van der Waals surface area contributed by atoms with Gasteiger partial charge in [-0.15, -0.1) is 0 Å². The molecule has 4 atom stereocenters. The van der Waals surface area contributed by atoms with Crippen LogP contribution in [-0.2, 0) is 14.8 Å². The molecule has 6 nitrogen and oxygen atoms in total. The number of amides is 1. The van der Waals surface area contributed by atoms with E-state index < -0.39 is 15.8 Å². The molecule has 2 fully saturated rings. The fourth-order valence-corrected chi connectivity index (χ4v) is 6.36. The minimum atomic E-state index is -3.64. The Bertz CT molecular complexity index is 799. The number of hydrogen-bond acceptors (Lipinski definition) is 4. The standard InChI is InChI=1S/C20H30FN3O3S/c1-3-4-5-19(20(22)25)23(2)18-11-6-14-12-24(13-17(14)18)28(26,27)16-9-7-15(21)8-10-16/h7-10,14,17-19H,3-6,11-13H2,1-2H3,(H2,22,25)/t14-,17+,18+,19+/m1/s1. The summed E-state index contributed by atoms with van der Waals surface area (Å²) >= 11 is 0. The Kier molecular flexibility index (Phi) is 6.41. The second-order valence-corrected chi connectivity index (χ2v) is 10.0. The Balaban J connectivity index is 1.74. The van der Waals surface area contributed by atoms with E-state index in [1.165, 1.54) is 28.6 Å². The molecule has 28 heavy (non-hydrogen) atoms. The van der Waals surface area contributed by atoms with Crippen LogP contribution in [0.2, 0.25) is 0 Å². The summed E-state index contributed by atoms with van der Waals surface area (Å²) in [7, 11) is -1.70. The molecule has 0 unspecified atom stereocenters. The Morgan fingerprint density at radius 2 is 1.96 bits per heavy atom. The summed E-state index contributed by atoms with van der Waals surface area (Å²) < 4.78 is 40.6. The first kappa shape index (κ1) is 21.2. The molecule has 3 rings (SSSR count). The second kappa shape index (κ2) is 8.47. The van der Waals surface area contributed by atoms with Gasteiger partial charge in [-0.25, -0.2) is 12.8 Å². The molecule has 1 aromatic rings. The lowest BCUT2D eigenvalue weighted by Crippen LogP contribution is -2.49. The van der Waals surface area contributed by atoms with E-state index in [1.807, 2.05) is 7.05 Å². The van der Waals surface area contributed by atoms with Gasteiger partial charge >= 0.3 is 0 Å². The summed E-state index contributed by atoms with van der Waals surface area (Å²) in [5, 5.41) is 0. The van der Waals surface area contributed by atoms with Crippen molar-refractivity contribution in [2.24, 2.45) is 17.6 Å². The number of likely N-dealkylation sites (N-methyl/N-ethyl adjacent to an activating group) is 1. The van der Waals surface area contributed by atoms with Gasteiger partial charge in [-0.05, 0) is 62.4 Å². The van der Waals surface area contributed by atoms with E-state index in [2.05, 4.69) is 11.8 Å². The summed E-state index contributed by atoms with van der Waals surface area (Å²) in [6, 6.07) is 4.81. The topological polar surface area (TPSA) is 83.7 Å². The van der Waals surface area contributed by atoms with Crippen molar-refractivity contribution in [2.75, 3.05) is 20.1 Å². The number of hydrogen-bond donors (Lipinski definition) is 1. The Hall–Kier alpha value is -1.51. The molecule has 1 aromatic carbocycles. The highest BCUT2D eigenvalue weighted by Crippen LogP contribution is 2.42. The van der Waals surface area contributed by atoms with Gasteiger partial charge in [0.2, 0.25) is 15.9 Å². The van der Waals surface area contributed by atoms with Gasteiger partial charge < -0.3 is 5.73 Å². The Morgan fingerprint density at radius 3 is 2.57 bits per heavy atom. The predicted octanol–water partition coefficient (Wildman–Crippen LogP) is 2.20. The van der Waals surface area contributed by atoms with Crippen molar-refractivity contribution >= 4 is 15.9 Å². The lowest BCUT2D eigenvalue weighted by atomic mass is 9.95. The molecule has 0 spiro atoms. The summed E-state index contributed by atoms with van der Waals surface area (Å²) in [6.07, 6.45) is 4.55. The zero-order chi connectivity index (χ0) is 20.5. The number of halogens is 1. The van der Waals surface area contributed by atoms with Crippen molar-refractivity contribution < 1.29 is 17.6 Å². The number of carbonyl (C=O) groups excluding carboxylic acids is 1. The van der Waals surface area contributed by atoms with Crippen molar-refractivity contribution in [2.45, 2.75) is 56.0 Å². The SMILES string of the molecule is CCCC[C@@H](C(N)=O)N(C)[C@H]1CC[C@@H]2CN(S(=O)(=O)c3ccc(F)cc3)C[C@@H]21. The van der Waals surface area contributed by atoms with Crippen LogP contribution < -0.4 is 5.73 Å². The van der Waals surface area contributed by atoms with Gasteiger partial charge in [-0.3, -0.25) is 9.69 Å². The molecule has 0 bridgehead atoms. The van der Waals surface area contributed by atoms with Crippen LogP contribution >= 0.6 is 0 Å². The van der Waals surface area contributed by atoms with E-state index >= 15 is 0 Å². The quantitative estimate of drug-likeness (QED) is 0.711. The van der Waals surface area contributed by atoms with Gasteiger partial charge in [-0.2, -0.15) is 4.31 Å². The lowest BCUT2D eigenvalue weighted by molar-refractivity contribution is -0.124. The van der Waals surface area contributed by atoms with E-state index in [-0.39, 0.29) is 34.7 Å². The van der Waals surface area contributed by atoms with Gasteiger partial charge in [0.25, 0.3) is 0 Å². The molecule has 0 aromatic heterocycles. The minimum absolute atomic E-state index is 0.122. The number of rotatable bonds is 8. The first-order chi connectivity index (χ1) is 13.3. The number of fused-ring (bicyclic) bond motifs is 1. The summed E-state index contributed by atoms with van der Waals surface area (Å²) in [5.74, 6) is -0.303. The maximum Gasteiger partial charge on any atom is 0.243 e. The molecule has 1 aliphatic carbocycles.